The minimum Gasteiger partial charge on any atom is -0.351 e. The van der Waals surface area contributed by atoms with Crippen molar-refractivity contribution in [1.82, 2.24) is 15.2 Å². The minimum absolute atomic E-state index is 0.0469. The smallest absolute Gasteiger partial charge is 0.256 e. The Labute approximate surface area is 189 Å². The molecule has 0 bridgehead atoms. The second kappa shape index (κ2) is 10.2. The van der Waals surface area contributed by atoms with Crippen LogP contribution in [0.3, 0.4) is 0 Å². The van der Waals surface area contributed by atoms with E-state index in [0.29, 0.717) is 6.54 Å². The van der Waals surface area contributed by atoms with E-state index in [4.69, 9.17) is 0 Å². The summed E-state index contributed by atoms with van der Waals surface area (Å²) in [7, 11) is 0. The number of nitrogens with zero attached hydrogens (tertiary/aromatic N) is 1. The molecule has 2 fully saturated rings. The molecule has 32 heavy (non-hydrogen) atoms. The molecule has 1 heterocycles. The van der Waals surface area contributed by atoms with Crippen molar-refractivity contribution in [3.05, 3.63) is 69.6 Å². The van der Waals surface area contributed by atoms with E-state index in [-0.39, 0.29) is 35.0 Å². The number of nitrogens with one attached hydrogen (secondary N) is 2. The van der Waals surface area contributed by atoms with Gasteiger partial charge in [-0.1, -0.05) is 62.9 Å². The molecule has 0 radical (unpaired) electrons. The van der Waals surface area contributed by atoms with Crippen molar-refractivity contribution in [3.8, 4) is 0 Å². The first-order valence-corrected chi connectivity index (χ1v) is 11.9. The van der Waals surface area contributed by atoms with Crippen LogP contribution in [0.2, 0.25) is 0 Å². The summed E-state index contributed by atoms with van der Waals surface area (Å²) in [4.78, 5) is 39.1. The lowest BCUT2D eigenvalue weighted by Gasteiger charge is -2.18. The first-order valence-electron chi connectivity index (χ1n) is 11.9. The fraction of sp³-hybridized carbons (Fsp3) is 0.500. The molecule has 2 aromatic rings. The van der Waals surface area contributed by atoms with Crippen LogP contribution in [0, 0.1) is 0 Å². The third kappa shape index (κ3) is 5.47. The van der Waals surface area contributed by atoms with Crippen LogP contribution in [0.5, 0.6) is 0 Å². The van der Waals surface area contributed by atoms with Gasteiger partial charge in [-0.15, -0.1) is 0 Å². The van der Waals surface area contributed by atoms with E-state index in [9.17, 15) is 14.4 Å². The highest BCUT2D eigenvalue weighted by molar-refractivity contribution is 5.99. The van der Waals surface area contributed by atoms with Crippen LogP contribution in [0.4, 0.5) is 0 Å². The number of pyridine rings is 1. The molecule has 6 nitrogen and oxygen atoms in total. The zero-order valence-corrected chi connectivity index (χ0v) is 18.8. The lowest BCUT2D eigenvalue weighted by atomic mass is 10.0. The molecule has 2 amide bonds. The van der Waals surface area contributed by atoms with Crippen molar-refractivity contribution in [1.29, 1.82) is 0 Å². The molecule has 2 saturated carbocycles. The van der Waals surface area contributed by atoms with Crippen molar-refractivity contribution < 1.29 is 9.59 Å². The maximum absolute atomic E-state index is 13.1. The van der Waals surface area contributed by atoms with Gasteiger partial charge in [0.2, 0.25) is 5.43 Å². The first kappa shape index (κ1) is 22.3. The maximum Gasteiger partial charge on any atom is 0.256 e. The molecule has 0 spiro atoms. The third-order valence-corrected chi connectivity index (χ3v) is 6.63. The molecule has 4 rings (SSSR count). The van der Waals surface area contributed by atoms with Gasteiger partial charge in [-0.2, -0.15) is 0 Å². The Morgan fingerprint density at radius 2 is 1.56 bits per heavy atom. The molecule has 2 N–H and O–H groups in total. The second-order valence-corrected chi connectivity index (χ2v) is 9.28. The fourth-order valence-electron chi connectivity index (χ4n) is 4.43. The highest BCUT2D eigenvalue weighted by atomic mass is 16.2. The number of hydrogen-bond acceptors (Lipinski definition) is 3. The van der Waals surface area contributed by atoms with Crippen molar-refractivity contribution >= 4 is 11.8 Å². The Hall–Kier alpha value is -2.89. The number of hydrogen-bond donors (Lipinski definition) is 2. The minimum atomic E-state index is -0.488. The molecular formula is C26H33N3O3. The average Bonchev–Trinajstić information content (AvgIpc) is 3.66. The van der Waals surface area contributed by atoms with Crippen LogP contribution < -0.4 is 16.1 Å². The van der Waals surface area contributed by atoms with E-state index in [1.54, 1.807) is 12.4 Å². The predicted octanol–water partition coefficient (Wildman–Crippen LogP) is 4.17. The molecule has 2 aliphatic carbocycles. The fourth-order valence-corrected chi connectivity index (χ4v) is 4.43. The molecule has 2 aliphatic rings. The molecule has 0 saturated heterocycles. The van der Waals surface area contributed by atoms with Crippen LogP contribution in [0.1, 0.15) is 96.5 Å². The average molecular weight is 436 g/mol. The Morgan fingerprint density at radius 3 is 2.19 bits per heavy atom. The van der Waals surface area contributed by atoms with Gasteiger partial charge in [0.05, 0.1) is 0 Å². The van der Waals surface area contributed by atoms with Gasteiger partial charge >= 0.3 is 0 Å². The summed E-state index contributed by atoms with van der Waals surface area (Å²) in [6.45, 7) is 2.46. The monoisotopic (exact) mass is 435 g/mol. The normalized spacial score (nSPS) is 17.9. The summed E-state index contributed by atoms with van der Waals surface area (Å²) >= 11 is 0. The lowest BCUT2D eigenvalue weighted by molar-refractivity contribution is 0.0931. The number of aromatic nitrogens is 1. The molecule has 0 aliphatic heterocycles. The van der Waals surface area contributed by atoms with Crippen LogP contribution in [0.15, 0.2) is 47.5 Å². The van der Waals surface area contributed by atoms with Crippen molar-refractivity contribution in [2.75, 3.05) is 6.54 Å². The predicted molar refractivity (Wildman–Crippen MR) is 125 cm³/mol. The van der Waals surface area contributed by atoms with Crippen molar-refractivity contribution in [3.63, 3.8) is 0 Å². The largest absolute Gasteiger partial charge is 0.351 e. The number of carbonyl (C=O) groups excluding carboxylic acids is 2. The summed E-state index contributed by atoms with van der Waals surface area (Å²) in [6, 6.07) is 10.3. The Kier molecular flexibility index (Phi) is 7.08. The molecule has 6 heteroatoms. The van der Waals surface area contributed by atoms with Gasteiger partial charge < -0.3 is 15.2 Å². The highest BCUT2D eigenvalue weighted by Crippen LogP contribution is 2.34. The molecule has 0 unspecified atom stereocenters. The van der Waals surface area contributed by atoms with E-state index >= 15 is 0 Å². The van der Waals surface area contributed by atoms with Gasteiger partial charge in [0.15, 0.2) is 0 Å². The number of rotatable bonds is 7. The van der Waals surface area contributed by atoms with E-state index in [2.05, 4.69) is 10.6 Å². The van der Waals surface area contributed by atoms with E-state index in [1.807, 2.05) is 41.8 Å². The Balaban J connectivity index is 1.51. The van der Waals surface area contributed by atoms with Gasteiger partial charge in [0.25, 0.3) is 11.8 Å². The number of amides is 2. The number of benzene rings is 1. The van der Waals surface area contributed by atoms with E-state index in [1.165, 1.54) is 12.8 Å². The van der Waals surface area contributed by atoms with Crippen molar-refractivity contribution in [2.24, 2.45) is 0 Å². The van der Waals surface area contributed by atoms with E-state index in [0.717, 1.165) is 44.1 Å². The summed E-state index contributed by atoms with van der Waals surface area (Å²) in [5.41, 5.74) is 0.758. The maximum atomic E-state index is 13.1. The van der Waals surface area contributed by atoms with Crippen LogP contribution in [0.25, 0.3) is 0 Å². The van der Waals surface area contributed by atoms with Gasteiger partial charge in [-0.25, -0.2) is 0 Å². The highest BCUT2D eigenvalue weighted by Gasteiger charge is 2.28. The number of carbonyl (C=O) groups is 2. The summed E-state index contributed by atoms with van der Waals surface area (Å²) < 4.78 is 1.87. The summed E-state index contributed by atoms with van der Waals surface area (Å²) in [5, 5.41) is 5.95. The third-order valence-electron chi connectivity index (χ3n) is 6.63. The molecule has 1 aromatic carbocycles. The Bertz CT molecular complexity index is 1000. The first-order chi connectivity index (χ1) is 15.5. The zero-order valence-electron chi connectivity index (χ0n) is 18.8. The van der Waals surface area contributed by atoms with Gasteiger partial charge in [-0.3, -0.25) is 14.4 Å². The molecule has 1 aromatic heterocycles. The molecule has 1 atom stereocenters. The van der Waals surface area contributed by atoms with Gasteiger partial charge in [-0.05, 0) is 37.2 Å². The van der Waals surface area contributed by atoms with Crippen LogP contribution >= 0.6 is 0 Å². The van der Waals surface area contributed by atoms with E-state index < -0.39 is 11.3 Å². The van der Waals surface area contributed by atoms with Crippen LogP contribution in [-0.2, 0) is 0 Å². The SMILES string of the molecule is C[C@@H](CNC(=O)c1cn(C2CC2)cc(C(=O)NC2CCCCCC2)c1=O)c1ccccc1. The summed E-state index contributed by atoms with van der Waals surface area (Å²) in [5.74, 6) is -0.660. The van der Waals surface area contributed by atoms with Gasteiger partial charge in [0, 0.05) is 31.0 Å². The van der Waals surface area contributed by atoms with Crippen LogP contribution in [-0.4, -0.2) is 29.0 Å². The second-order valence-electron chi connectivity index (χ2n) is 9.28. The quantitative estimate of drug-likeness (QED) is 0.641. The van der Waals surface area contributed by atoms with Crippen molar-refractivity contribution in [2.45, 2.75) is 76.3 Å². The standard InChI is InChI=1S/C26H33N3O3/c1-18(19-9-5-4-6-10-19)15-27-25(31)22-16-29(21-13-14-21)17-23(24(22)30)26(32)28-20-11-7-2-3-8-12-20/h4-6,9-10,16-18,20-21H,2-3,7-8,11-15H2,1H3,(H,27,31)(H,28,32)/t18-/m0/s1. The lowest BCUT2D eigenvalue weighted by Crippen LogP contribution is -2.39. The zero-order chi connectivity index (χ0) is 22.5. The topological polar surface area (TPSA) is 80.2 Å². The Morgan fingerprint density at radius 1 is 0.938 bits per heavy atom. The molecular weight excluding hydrogens is 402 g/mol. The summed E-state index contributed by atoms with van der Waals surface area (Å²) in [6.07, 6.45) is 11.7. The van der Waals surface area contributed by atoms with Gasteiger partial charge in [0.1, 0.15) is 11.1 Å². The molecule has 170 valence electrons.